The molecule has 0 amide bonds. The lowest BCUT2D eigenvalue weighted by molar-refractivity contribution is -0.140. The Kier molecular flexibility index (Phi) is 5.83. The molecule has 4 heteroatoms. The van der Waals surface area contributed by atoms with E-state index in [2.05, 4.69) is 19.2 Å². The van der Waals surface area contributed by atoms with Crippen LogP contribution >= 0.6 is 0 Å². The molecular formula is C15H23NO3. The van der Waals surface area contributed by atoms with E-state index >= 15 is 0 Å². The molecule has 4 nitrogen and oxygen atoms in total. The number of benzene rings is 1. The number of carbonyl (C=O) groups is 1. The van der Waals surface area contributed by atoms with Crippen molar-refractivity contribution >= 4 is 5.97 Å². The van der Waals surface area contributed by atoms with E-state index < -0.39 is 12.0 Å². The van der Waals surface area contributed by atoms with Crippen molar-refractivity contribution in [1.29, 1.82) is 0 Å². The Morgan fingerprint density at radius 1 is 1.42 bits per heavy atom. The summed E-state index contributed by atoms with van der Waals surface area (Å²) in [6.45, 7) is 8.94. The van der Waals surface area contributed by atoms with Crippen LogP contribution in [0.4, 0.5) is 0 Å². The minimum atomic E-state index is -0.891. The lowest BCUT2D eigenvalue weighted by Gasteiger charge is -2.16. The van der Waals surface area contributed by atoms with Gasteiger partial charge in [-0.2, -0.15) is 0 Å². The Balaban J connectivity index is 2.67. The van der Waals surface area contributed by atoms with Gasteiger partial charge in [-0.15, -0.1) is 0 Å². The Hall–Kier alpha value is -1.55. The van der Waals surface area contributed by atoms with Crippen LogP contribution in [-0.4, -0.2) is 30.3 Å². The summed E-state index contributed by atoms with van der Waals surface area (Å²) < 4.78 is 5.55. The molecule has 106 valence electrons. The molecule has 0 radical (unpaired) electrons. The molecule has 0 spiro atoms. The Morgan fingerprint density at radius 3 is 2.58 bits per heavy atom. The molecule has 1 aromatic rings. The molecule has 2 N–H and O–H groups in total. The van der Waals surface area contributed by atoms with Crippen molar-refractivity contribution in [2.45, 2.75) is 39.7 Å². The summed E-state index contributed by atoms with van der Waals surface area (Å²) in [5.74, 6) is 0.297. The van der Waals surface area contributed by atoms with Gasteiger partial charge in [0.1, 0.15) is 18.4 Å². The number of ether oxygens (including phenoxy) is 1. The molecule has 0 saturated heterocycles. The molecule has 19 heavy (non-hydrogen) atoms. The van der Waals surface area contributed by atoms with Gasteiger partial charge in [0.25, 0.3) is 0 Å². The second-order valence-corrected chi connectivity index (χ2v) is 4.93. The fourth-order valence-electron chi connectivity index (χ4n) is 2.03. The average Bonchev–Trinajstić information content (AvgIpc) is 2.33. The van der Waals surface area contributed by atoms with Crippen molar-refractivity contribution in [2.75, 3.05) is 13.2 Å². The SMILES string of the molecule is CCNC(COc1ccc(C(C)C)c(C)c1)C(=O)O. The van der Waals surface area contributed by atoms with Crippen LogP contribution in [0, 0.1) is 6.92 Å². The maximum Gasteiger partial charge on any atom is 0.324 e. The molecule has 0 saturated carbocycles. The van der Waals surface area contributed by atoms with Gasteiger partial charge in [-0.1, -0.05) is 26.8 Å². The van der Waals surface area contributed by atoms with E-state index in [1.807, 2.05) is 32.0 Å². The third-order valence-corrected chi connectivity index (χ3v) is 3.03. The third-order valence-electron chi connectivity index (χ3n) is 3.03. The second-order valence-electron chi connectivity index (χ2n) is 4.93. The highest BCUT2D eigenvalue weighted by Gasteiger charge is 2.16. The van der Waals surface area contributed by atoms with Gasteiger partial charge in [0, 0.05) is 0 Å². The van der Waals surface area contributed by atoms with Gasteiger partial charge in [0.15, 0.2) is 0 Å². The highest BCUT2D eigenvalue weighted by Crippen LogP contribution is 2.23. The molecule has 1 rings (SSSR count). The van der Waals surface area contributed by atoms with Gasteiger partial charge < -0.3 is 15.2 Å². The summed E-state index contributed by atoms with van der Waals surface area (Å²) in [5, 5.41) is 11.9. The van der Waals surface area contributed by atoms with E-state index in [-0.39, 0.29) is 6.61 Å². The zero-order valence-corrected chi connectivity index (χ0v) is 12.1. The molecule has 0 fully saturated rings. The van der Waals surface area contributed by atoms with E-state index in [0.717, 1.165) is 0 Å². The minimum absolute atomic E-state index is 0.129. The Bertz CT molecular complexity index is 429. The smallest absolute Gasteiger partial charge is 0.324 e. The van der Waals surface area contributed by atoms with Crippen LogP contribution < -0.4 is 10.1 Å². The van der Waals surface area contributed by atoms with Gasteiger partial charge >= 0.3 is 5.97 Å². The summed E-state index contributed by atoms with van der Waals surface area (Å²) in [4.78, 5) is 11.0. The average molecular weight is 265 g/mol. The molecule has 1 unspecified atom stereocenters. The predicted molar refractivity (Wildman–Crippen MR) is 75.9 cm³/mol. The van der Waals surface area contributed by atoms with E-state index in [4.69, 9.17) is 9.84 Å². The van der Waals surface area contributed by atoms with E-state index in [0.29, 0.717) is 18.2 Å². The third kappa shape index (κ3) is 4.56. The molecule has 1 aromatic carbocycles. The Morgan fingerprint density at radius 2 is 2.11 bits per heavy atom. The first kappa shape index (κ1) is 15.5. The number of carboxylic acid groups (broad SMARTS) is 1. The number of hydrogen-bond donors (Lipinski definition) is 2. The number of nitrogens with one attached hydrogen (secondary N) is 1. The Labute approximate surface area is 114 Å². The van der Waals surface area contributed by atoms with Crippen LogP contribution in [-0.2, 0) is 4.79 Å². The normalized spacial score (nSPS) is 12.5. The van der Waals surface area contributed by atoms with E-state index in [9.17, 15) is 4.79 Å². The summed E-state index contributed by atoms with van der Waals surface area (Å²) in [5.41, 5.74) is 2.46. The number of aryl methyl sites for hydroxylation is 1. The van der Waals surface area contributed by atoms with Crippen molar-refractivity contribution in [2.24, 2.45) is 0 Å². The number of carboxylic acids is 1. The second kappa shape index (κ2) is 7.14. The molecule has 0 aliphatic heterocycles. The van der Waals surface area contributed by atoms with E-state index in [1.54, 1.807) is 0 Å². The summed E-state index contributed by atoms with van der Waals surface area (Å²) in [6, 6.07) is 5.22. The van der Waals surface area contributed by atoms with Crippen LogP contribution in [0.1, 0.15) is 37.8 Å². The van der Waals surface area contributed by atoms with Crippen molar-refractivity contribution in [3.8, 4) is 5.75 Å². The predicted octanol–water partition coefficient (Wildman–Crippen LogP) is 2.56. The summed E-state index contributed by atoms with van der Waals surface area (Å²) in [6.07, 6.45) is 0. The monoisotopic (exact) mass is 265 g/mol. The standard InChI is InChI=1S/C15H23NO3/c1-5-16-14(15(17)18)9-19-12-6-7-13(10(2)3)11(4)8-12/h6-8,10,14,16H,5,9H2,1-4H3,(H,17,18). The van der Waals surface area contributed by atoms with Gasteiger partial charge in [-0.25, -0.2) is 0 Å². The maximum atomic E-state index is 11.0. The first-order chi connectivity index (χ1) is 8.95. The molecule has 0 aromatic heterocycles. The molecule has 0 aliphatic carbocycles. The fourth-order valence-corrected chi connectivity index (χ4v) is 2.03. The zero-order chi connectivity index (χ0) is 14.4. The molecule has 0 bridgehead atoms. The minimum Gasteiger partial charge on any atom is -0.491 e. The highest BCUT2D eigenvalue weighted by atomic mass is 16.5. The quantitative estimate of drug-likeness (QED) is 0.795. The maximum absolute atomic E-state index is 11.0. The lowest BCUT2D eigenvalue weighted by Crippen LogP contribution is -2.41. The molecule has 1 atom stereocenters. The number of aliphatic carboxylic acids is 1. The van der Waals surface area contributed by atoms with Crippen LogP contribution in [0.25, 0.3) is 0 Å². The summed E-state index contributed by atoms with van der Waals surface area (Å²) >= 11 is 0. The number of hydrogen-bond acceptors (Lipinski definition) is 3. The zero-order valence-electron chi connectivity index (χ0n) is 12.1. The molecule has 0 aliphatic rings. The van der Waals surface area contributed by atoms with Crippen LogP contribution in [0.5, 0.6) is 5.75 Å². The van der Waals surface area contributed by atoms with E-state index in [1.165, 1.54) is 11.1 Å². The van der Waals surface area contributed by atoms with Gasteiger partial charge in [-0.05, 0) is 42.6 Å². The van der Waals surface area contributed by atoms with Crippen LogP contribution in [0.2, 0.25) is 0 Å². The fraction of sp³-hybridized carbons (Fsp3) is 0.533. The van der Waals surface area contributed by atoms with Crippen molar-refractivity contribution < 1.29 is 14.6 Å². The van der Waals surface area contributed by atoms with Crippen molar-refractivity contribution in [3.63, 3.8) is 0 Å². The number of likely N-dealkylation sites (N-methyl/N-ethyl adjacent to an activating group) is 1. The van der Waals surface area contributed by atoms with Gasteiger partial charge in [0.05, 0.1) is 0 Å². The highest BCUT2D eigenvalue weighted by molar-refractivity contribution is 5.73. The molecule has 0 heterocycles. The van der Waals surface area contributed by atoms with Crippen LogP contribution in [0.3, 0.4) is 0 Å². The van der Waals surface area contributed by atoms with Crippen molar-refractivity contribution in [3.05, 3.63) is 29.3 Å². The van der Waals surface area contributed by atoms with Crippen molar-refractivity contribution in [1.82, 2.24) is 5.32 Å². The largest absolute Gasteiger partial charge is 0.491 e. The first-order valence-electron chi connectivity index (χ1n) is 6.65. The lowest BCUT2D eigenvalue weighted by atomic mass is 9.98. The summed E-state index contributed by atoms with van der Waals surface area (Å²) in [7, 11) is 0. The van der Waals surface area contributed by atoms with Gasteiger partial charge in [0.2, 0.25) is 0 Å². The van der Waals surface area contributed by atoms with Gasteiger partial charge in [-0.3, -0.25) is 4.79 Å². The molecular weight excluding hydrogens is 242 g/mol. The van der Waals surface area contributed by atoms with Crippen LogP contribution in [0.15, 0.2) is 18.2 Å². The topological polar surface area (TPSA) is 58.6 Å². The first-order valence-corrected chi connectivity index (χ1v) is 6.65. The number of rotatable bonds is 7.